The molecule has 0 spiro atoms. The van der Waals surface area contributed by atoms with Crippen LogP contribution in [0, 0.1) is 0 Å². The monoisotopic (exact) mass is 415 g/mol. The van der Waals surface area contributed by atoms with Gasteiger partial charge in [0, 0.05) is 26.7 Å². The lowest BCUT2D eigenvalue weighted by Crippen LogP contribution is -2.24. The van der Waals surface area contributed by atoms with Crippen LogP contribution in [0.25, 0.3) is 11.5 Å². The SMILES string of the molecule is CC1CCN(Cc2nnc(-c3cccc(Br)c3)o2)c2ccccc2S1. The van der Waals surface area contributed by atoms with Gasteiger partial charge in [0.05, 0.1) is 12.2 Å². The molecular weight excluding hydrogens is 398 g/mol. The molecule has 4 rings (SSSR count). The fourth-order valence-corrected chi connectivity index (χ4v) is 4.47. The number of fused-ring (bicyclic) bond motifs is 1. The van der Waals surface area contributed by atoms with E-state index in [4.69, 9.17) is 4.42 Å². The Balaban J connectivity index is 1.58. The molecule has 0 amide bonds. The Morgan fingerprint density at radius 1 is 1.20 bits per heavy atom. The molecule has 0 bridgehead atoms. The number of benzene rings is 2. The summed E-state index contributed by atoms with van der Waals surface area (Å²) in [6.07, 6.45) is 1.13. The topological polar surface area (TPSA) is 42.2 Å². The Morgan fingerprint density at radius 3 is 2.96 bits per heavy atom. The predicted molar refractivity (Wildman–Crippen MR) is 105 cm³/mol. The molecule has 4 nitrogen and oxygen atoms in total. The fraction of sp³-hybridized carbons (Fsp3) is 0.263. The van der Waals surface area contributed by atoms with Crippen LogP contribution >= 0.6 is 27.7 Å². The van der Waals surface area contributed by atoms with Crippen LogP contribution in [0.15, 0.2) is 62.3 Å². The second kappa shape index (κ2) is 7.22. The van der Waals surface area contributed by atoms with Crippen LogP contribution in [-0.2, 0) is 6.54 Å². The van der Waals surface area contributed by atoms with Crippen molar-refractivity contribution in [3.05, 3.63) is 58.9 Å². The van der Waals surface area contributed by atoms with E-state index >= 15 is 0 Å². The molecule has 3 aromatic rings. The van der Waals surface area contributed by atoms with Gasteiger partial charge in [0.1, 0.15) is 0 Å². The quantitative estimate of drug-likeness (QED) is 0.573. The van der Waals surface area contributed by atoms with Crippen molar-refractivity contribution >= 4 is 33.4 Å². The number of aromatic nitrogens is 2. The molecule has 1 aromatic heterocycles. The molecule has 0 fully saturated rings. The number of hydrogen-bond donors (Lipinski definition) is 0. The van der Waals surface area contributed by atoms with E-state index < -0.39 is 0 Å². The van der Waals surface area contributed by atoms with Gasteiger partial charge in [-0.15, -0.1) is 22.0 Å². The van der Waals surface area contributed by atoms with Crippen LogP contribution < -0.4 is 4.90 Å². The van der Waals surface area contributed by atoms with Crippen molar-refractivity contribution in [1.82, 2.24) is 10.2 Å². The van der Waals surface area contributed by atoms with E-state index in [0.717, 1.165) is 23.0 Å². The standard InChI is InChI=1S/C19H18BrN3OS/c1-13-9-10-23(16-7-2-3-8-17(16)25-13)12-18-21-22-19(24-18)14-5-4-6-15(20)11-14/h2-8,11,13H,9-10,12H2,1H3. The number of para-hydroxylation sites is 1. The predicted octanol–water partition coefficient (Wildman–Crippen LogP) is 5.39. The summed E-state index contributed by atoms with van der Waals surface area (Å²) >= 11 is 5.41. The molecule has 1 aliphatic rings. The van der Waals surface area contributed by atoms with Crippen molar-refractivity contribution < 1.29 is 4.42 Å². The highest BCUT2D eigenvalue weighted by Gasteiger charge is 2.21. The molecule has 0 radical (unpaired) electrons. The first-order valence-corrected chi connectivity index (χ1v) is 9.95. The van der Waals surface area contributed by atoms with Gasteiger partial charge in [-0.2, -0.15) is 0 Å². The van der Waals surface area contributed by atoms with Gasteiger partial charge in [-0.3, -0.25) is 0 Å². The number of rotatable bonds is 3. The number of anilines is 1. The summed E-state index contributed by atoms with van der Waals surface area (Å²) in [5, 5.41) is 9.08. The first-order chi connectivity index (χ1) is 12.2. The Hall–Kier alpha value is -1.79. The van der Waals surface area contributed by atoms with Crippen molar-refractivity contribution in [1.29, 1.82) is 0 Å². The lowest BCUT2D eigenvalue weighted by Gasteiger charge is -2.22. The van der Waals surface area contributed by atoms with Gasteiger partial charge in [0.15, 0.2) is 0 Å². The third kappa shape index (κ3) is 3.75. The smallest absolute Gasteiger partial charge is 0.247 e. The van der Waals surface area contributed by atoms with E-state index in [2.05, 4.69) is 62.2 Å². The molecule has 1 aliphatic heterocycles. The maximum Gasteiger partial charge on any atom is 0.247 e. The fourth-order valence-electron chi connectivity index (χ4n) is 2.94. The number of nitrogens with zero attached hydrogens (tertiary/aromatic N) is 3. The molecule has 1 unspecified atom stereocenters. The molecule has 0 saturated heterocycles. The highest BCUT2D eigenvalue weighted by Crippen LogP contribution is 2.37. The van der Waals surface area contributed by atoms with Crippen molar-refractivity contribution in [3.8, 4) is 11.5 Å². The van der Waals surface area contributed by atoms with Crippen molar-refractivity contribution in [2.75, 3.05) is 11.4 Å². The first-order valence-electron chi connectivity index (χ1n) is 8.28. The summed E-state index contributed by atoms with van der Waals surface area (Å²) in [5.41, 5.74) is 2.17. The summed E-state index contributed by atoms with van der Waals surface area (Å²) < 4.78 is 6.92. The van der Waals surface area contributed by atoms with Gasteiger partial charge < -0.3 is 9.32 Å². The lowest BCUT2D eigenvalue weighted by atomic mass is 10.2. The average molecular weight is 416 g/mol. The van der Waals surface area contributed by atoms with Crippen LogP contribution in [-0.4, -0.2) is 22.0 Å². The number of thioether (sulfide) groups is 1. The van der Waals surface area contributed by atoms with Crippen LogP contribution in [0.5, 0.6) is 0 Å². The van der Waals surface area contributed by atoms with Gasteiger partial charge in [0.25, 0.3) is 0 Å². The van der Waals surface area contributed by atoms with Gasteiger partial charge >= 0.3 is 0 Å². The molecule has 6 heteroatoms. The third-order valence-corrected chi connectivity index (χ3v) is 5.93. The number of halogens is 1. The third-order valence-electron chi connectivity index (χ3n) is 4.20. The van der Waals surface area contributed by atoms with Crippen LogP contribution in [0.3, 0.4) is 0 Å². The maximum absolute atomic E-state index is 5.92. The van der Waals surface area contributed by atoms with E-state index in [0.29, 0.717) is 23.6 Å². The Labute approximate surface area is 159 Å². The Morgan fingerprint density at radius 2 is 2.08 bits per heavy atom. The summed E-state index contributed by atoms with van der Waals surface area (Å²) in [4.78, 5) is 3.66. The minimum Gasteiger partial charge on any atom is -0.419 e. The zero-order valence-electron chi connectivity index (χ0n) is 13.9. The highest BCUT2D eigenvalue weighted by atomic mass is 79.9. The van der Waals surface area contributed by atoms with E-state index in [1.807, 2.05) is 36.0 Å². The summed E-state index contributed by atoms with van der Waals surface area (Å²) in [6.45, 7) is 3.90. The summed E-state index contributed by atoms with van der Waals surface area (Å²) in [7, 11) is 0. The molecule has 2 heterocycles. The second-order valence-corrected chi connectivity index (χ2v) is 8.51. The molecule has 0 aliphatic carbocycles. The van der Waals surface area contributed by atoms with Crippen LogP contribution in [0.1, 0.15) is 19.2 Å². The van der Waals surface area contributed by atoms with Gasteiger partial charge in [-0.05, 0) is 36.8 Å². The lowest BCUT2D eigenvalue weighted by molar-refractivity contribution is 0.496. The zero-order valence-corrected chi connectivity index (χ0v) is 16.3. The maximum atomic E-state index is 5.92. The van der Waals surface area contributed by atoms with E-state index in [1.165, 1.54) is 10.6 Å². The number of hydrogen-bond acceptors (Lipinski definition) is 5. The van der Waals surface area contributed by atoms with Crippen LogP contribution in [0.2, 0.25) is 0 Å². The van der Waals surface area contributed by atoms with Gasteiger partial charge in [-0.25, -0.2) is 0 Å². The van der Waals surface area contributed by atoms with E-state index in [-0.39, 0.29) is 0 Å². The van der Waals surface area contributed by atoms with Crippen molar-refractivity contribution in [2.24, 2.45) is 0 Å². The molecule has 0 saturated carbocycles. The highest BCUT2D eigenvalue weighted by molar-refractivity contribution is 9.10. The zero-order chi connectivity index (χ0) is 17.2. The van der Waals surface area contributed by atoms with Gasteiger partial charge in [-0.1, -0.05) is 41.1 Å². The minimum absolute atomic E-state index is 0.558. The average Bonchev–Trinajstić information content (AvgIpc) is 3.01. The normalized spacial score (nSPS) is 17.2. The second-order valence-electron chi connectivity index (χ2n) is 6.12. The first kappa shape index (κ1) is 16.7. The molecule has 1 atom stereocenters. The van der Waals surface area contributed by atoms with Crippen LogP contribution in [0.4, 0.5) is 5.69 Å². The molecule has 25 heavy (non-hydrogen) atoms. The Kier molecular flexibility index (Phi) is 4.81. The van der Waals surface area contributed by atoms with Gasteiger partial charge in [0.2, 0.25) is 11.8 Å². The van der Waals surface area contributed by atoms with E-state index in [9.17, 15) is 0 Å². The van der Waals surface area contributed by atoms with Crippen molar-refractivity contribution in [2.45, 2.75) is 30.0 Å². The molecule has 128 valence electrons. The molecule has 2 aromatic carbocycles. The van der Waals surface area contributed by atoms with E-state index in [1.54, 1.807) is 0 Å². The summed E-state index contributed by atoms with van der Waals surface area (Å²) in [5.74, 6) is 1.20. The Bertz CT molecular complexity index is 882. The summed E-state index contributed by atoms with van der Waals surface area (Å²) in [6, 6.07) is 16.4. The molecule has 0 N–H and O–H groups in total. The van der Waals surface area contributed by atoms with Crippen molar-refractivity contribution in [3.63, 3.8) is 0 Å². The molecular formula is C19H18BrN3OS. The largest absolute Gasteiger partial charge is 0.419 e. The minimum atomic E-state index is 0.558.